The van der Waals surface area contributed by atoms with Gasteiger partial charge in [-0.1, -0.05) is 6.07 Å². The van der Waals surface area contributed by atoms with E-state index >= 15 is 0 Å². The highest BCUT2D eigenvalue weighted by Gasteiger charge is 2.36. The summed E-state index contributed by atoms with van der Waals surface area (Å²) in [5.74, 6) is 0.0934. The van der Waals surface area contributed by atoms with Crippen molar-refractivity contribution in [2.45, 2.75) is 13.1 Å². The largest absolute Gasteiger partial charge is 0.494 e. The van der Waals surface area contributed by atoms with E-state index in [-0.39, 0.29) is 5.95 Å². The lowest BCUT2D eigenvalue weighted by Gasteiger charge is -2.12. The number of rotatable bonds is 5. The van der Waals surface area contributed by atoms with Crippen LogP contribution in [0.3, 0.4) is 0 Å². The second-order valence-electron chi connectivity index (χ2n) is 4.20. The smallest absolute Gasteiger partial charge is 0.423 e. The molecule has 0 bridgehead atoms. The second kappa shape index (κ2) is 6.50. The Bertz CT molecular complexity index is 647. The third-order valence-corrected chi connectivity index (χ3v) is 2.65. The van der Waals surface area contributed by atoms with Gasteiger partial charge in [-0.05, 0) is 19.1 Å². The van der Waals surface area contributed by atoms with Crippen LogP contribution in [0.2, 0.25) is 0 Å². The van der Waals surface area contributed by atoms with E-state index in [9.17, 15) is 13.2 Å². The first-order valence-corrected chi connectivity index (χ1v) is 6.42. The van der Waals surface area contributed by atoms with Crippen LogP contribution in [-0.4, -0.2) is 23.7 Å². The minimum absolute atomic E-state index is 0.00139. The van der Waals surface area contributed by atoms with Crippen LogP contribution in [0.1, 0.15) is 12.5 Å². The van der Waals surface area contributed by atoms with Gasteiger partial charge >= 0.3 is 6.18 Å². The summed E-state index contributed by atoms with van der Waals surface area (Å²) >= 11 is 0. The molecule has 0 aliphatic carbocycles. The van der Waals surface area contributed by atoms with Crippen molar-refractivity contribution >= 4 is 11.6 Å². The van der Waals surface area contributed by atoms with Crippen molar-refractivity contribution in [2.24, 2.45) is 0 Å². The van der Waals surface area contributed by atoms with Gasteiger partial charge in [-0.2, -0.15) is 18.2 Å². The minimum atomic E-state index is -4.57. The van der Waals surface area contributed by atoms with Crippen LogP contribution in [0.25, 0.3) is 0 Å². The van der Waals surface area contributed by atoms with Gasteiger partial charge in [-0.25, -0.2) is 4.98 Å². The van der Waals surface area contributed by atoms with E-state index in [1.807, 2.05) is 6.92 Å². The predicted octanol–water partition coefficient (Wildman–Crippen LogP) is 3.65. The van der Waals surface area contributed by atoms with Crippen LogP contribution >= 0.6 is 0 Å². The lowest BCUT2D eigenvalue weighted by Crippen LogP contribution is -2.11. The zero-order chi connectivity index (χ0) is 16.2. The van der Waals surface area contributed by atoms with Gasteiger partial charge in [0.25, 0.3) is 0 Å². The van der Waals surface area contributed by atoms with Gasteiger partial charge in [0.2, 0.25) is 11.8 Å². The average molecular weight is 313 g/mol. The Morgan fingerprint density at radius 1 is 1.27 bits per heavy atom. The molecule has 0 amide bonds. The fourth-order valence-electron chi connectivity index (χ4n) is 1.74. The van der Waals surface area contributed by atoms with Gasteiger partial charge < -0.3 is 14.8 Å². The van der Waals surface area contributed by atoms with Crippen molar-refractivity contribution in [3.05, 3.63) is 36.0 Å². The highest BCUT2D eigenvalue weighted by molar-refractivity contribution is 5.56. The number of nitrogens with zero attached hydrogens (tertiary/aromatic N) is 2. The SMILES string of the molecule is CCOc1cccc(Nc2ncc(C(F)(F)F)c(OC)n2)c1. The summed E-state index contributed by atoms with van der Waals surface area (Å²) in [5.41, 5.74) is -0.434. The van der Waals surface area contributed by atoms with Gasteiger partial charge in [-0.3, -0.25) is 0 Å². The van der Waals surface area contributed by atoms with Gasteiger partial charge in [-0.15, -0.1) is 0 Å². The van der Waals surface area contributed by atoms with Crippen LogP contribution in [0.15, 0.2) is 30.5 Å². The number of methoxy groups -OCH3 is 1. The molecule has 0 spiro atoms. The van der Waals surface area contributed by atoms with Crippen molar-refractivity contribution in [1.29, 1.82) is 0 Å². The molecule has 2 rings (SSSR count). The molecule has 1 heterocycles. The molecule has 0 radical (unpaired) electrons. The Morgan fingerprint density at radius 3 is 2.68 bits per heavy atom. The Labute approximate surface area is 125 Å². The first kappa shape index (κ1) is 15.9. The number of ether oxygens (including phenoxy) is 2. The summed E-state index contributed by atoms with van der Waals surface area (Å²) in [5, 5.41) is 2.81. The molecule has 0 aliphatic heterocycles. The highest BCUT2D eigenvalue weighted by Crippen LogP contribution is 2.35. The van der Waals surface area contributed by atoms with Crippen LogP contribution < -0.4 is 14.8 Å². The second-order valence-corrected chi connectivity index (χ2v) is 4.20. The molecule has 1 aromatic carbocycles. The third-order valence-electron chi connectivity index (χ3n) is 2.65. The molecule has 1 N–H and O–H groups in total. The fraction of sp³-hybridized carbons (Fsp3) is 0.286. The predicted molar refractivity (Wildman–Crippen MR) is 74.5 cm³/mol. The van der Waals surface area contributed by atoms with Gasteiger partial charge in [0.15, 0.2) is 0 Å². The molecule has 0 aliphatic rings. The van der Waals surface area contributed by atoms with Crippen molar-refractivity contribution in [1.82, 2.24) is 9.97 Å². The monoisotopic (exact) mass is 313 g/mol. The Kier molecular flexibility index (Phi) is 4.69. The molecular formula is C14H14F3N3O2. The van der Waals surface area contributed by atoms with Crippen molar-refractivity contribution in [2.75, 3.05) is 19.0 Å². The summed E-state index contributed by atoms with van der Waals surface area (Å²) in [6.45, 7) is 2.36. The van der Waals surface area contributed by atoms with Crippen molar-refractivity contribution in [3.63, 3.8) is 0 Å². The zero-order valence-corrected chi connectivity index (χ0v) is 11.9. The number of nitrogens with one attached hydrogen (secondary N) is 1. The summed E-state index contributed by atoms with van der Waals surface area (Å²) in [6.07, 6.45) is -3.89. The topological polar surface area (TPSA) is 56.3 Å². The van der Waals surface area contributed by atoms with Crippen LogP contribution in [-0.2, 0) is 6.18 Å². The highest BCUT2D eigenvalue weighted by atomic mass is 19.4. The quantitative estimate of drug-likeness (QED) is 0.913. The molecule has 8 heteroatoms. The van der Waals surface area contributed by atoms with E-state index in [4.69, 9.17) is 4.74 Å². The maximum absolute atomic E-state index is 12.7. The number of hydrogen-bond acceptors (Lipinski definition) is 5. The third kappa shape index (κ3) is 3.78. The first-order valence-electron chi connectivity index (χ1n) is 6.42. The summed E-state index contributed by atoms with van der Waals surface area (Å²) < 4.78 is 48.2. The Morgan fingerprint density at radius 2 is 2.05 bits per heavy atom. The fourth-order valence-corrected chi connectivity index (χ4v) is 1.74. The molecule has 5 nitrogen and oxygen atoms in total. The number of benzene rings is 1. The summed E-state index contributed by atoms with van der Waals surface area (Å²) in [4.78, 5) is 7.38. The average Bonchev–Trinajstić information content (AvgIpc) is 2.46. The van der Waals surface area contributed by atoms with E-state index in [0.717, 1.165) is 7.11 Å². The Balaban J connectivity index is 2.25. The normalized spacial score (nSPS) is 11.1. The van der Waals surface area contributed by atoms with Crippen LogP contribution in [0.5, 0.6) is 11.6 Å². The molecule has 0 atom stereocenters. The van der Waals surface area contributed by atoms with E-state index in [1.54, 1.807) is 24.3 Å². The number of anilines is 2. The van der Waals surface area contributed by atoms with Gasteiger partial charge in [0.05, 0.1) is 13.7 Å². The van der Waals surface area contributed by atoms with E-state index in [0.29, 0.717) is 24.2 Å². The molecule has 0 unspecified atom stereocenters. The van der Waals surface area contributed by atoms with Crippen molar-refractivity contribution in [3.8, 4) is 11.6 Å². The standard InChI is InChI=1S/C14H14F3N3O2/c1-3-22-10-6-4-5-9(7-10)19-13-18-8-11(14(15,16)17)12(20-13)21-2/h4-8H,3H2,1-2H3,(H,18,19,20). The molecular weight excluding hydrogens is 299 g/mol. The lowest BCUT2D eigenvalue weighted by atomic mass is 10.3. The lowest BCUT2D eigenvalue weighted by molar-refractivity contribution is -0.139. The van der Waals surface area contributed by atoms with E-state index < -0.39 is 17.6 Å². The van der Waals surface area contributed by atoms with Gasteiger partial charge in [0.1, 0.15) is 11.3 Å². The zero-order valence-electron chi connectivity index (χ0n) is 11.9. The van der Waals surface area contributed by atoms with Crippen LogP contribution in [0.4, 0.5) is 24.8 Å². The molecule has 0 saturated heterocycles. The number of aromatic nitrogens is 2. The number of alkyl halides is 3. The maximum atomic E-state index is 12.7. The number of hydrogen-bond donors (Lipinski definition) is 1. The maximum Gasteiger partial charge on any atom is 0.423 e. The molecule has 0 saturated carbocycles. The van der Waals surface area contributed by atoms with Gasteiger partial charge in [0, 0.05) is 18.0 Å². The molecule has 22 heavy (non-hydrogen) atoms. The van der Waals surface area contributed by atoms with Crippen LogP contribution in [0, 0.1) is 0 Å². The minimum Gasteiger partial charge on any atom is -0.494 e. The van der Waals surface area contributed by atoms with E-state index in [1.165, 1.54) is 0 Å². The van der Waals surface area contributed by atoms with E-state index in [2.05, 4.69) is 20.0 Å². The summed E-state index contributed by atoms with van der Waals surface area (Å²) in [7, 11) is 1.12. The molecule has 118 valence electrons. The summed E-state index contributed by atoms with van der Waals surface area (Å²) in [6, 6.07) is 6.92. The Hall–Kier alpha value is -2.51. The molecule has 2 aromatic rings. The first-order chi connectivity index (χ1) is 10.4. The molecule has 0 fully saturated rings. The van der Waals surface area contributed by atoms with Crippen molar-refractivity contribution < 1.29 is 22.6 Å². The molecule has 1 aromatic heterocycles. The number of halogens is 3.